The van der Waals surface area contributed by atoms with Gasteiger partial charge in [0.05, 0.1) is 4.47 Å². The minimum Gasteiger partial charge on any atom is -0.313 e. The van der Waals surface area contributed by atoms with Gasteiger partial charge in [-0.1, -0.05) is 13.3 Å². The zero-order chi connectivity index (χ0) is 15.2. The van der Waals surface area contributed by atoms with E-state index in [2.05, 4.69) is 28.2 Å². The van der Waals surface area contributed by atoms with Crippen LogP contribution in [0.2, 0.25) is 0 Å². The van der Waals surface area contributed by atoms with Gasteiger partial charge in [-0.15, -0.1) is 0 Å². The van der Waals surface area contributed by atoms with E-state index in [9.17, 15) is 8.78 Å². The molecule has 1 aliphatic rings. The second-order valence-electron chi connectivity index (χ2n) is 5.49. The third-order valence-corrected chi connectivity index (χ3v) is 6.01. The summed E-state index contributed by atoms with van der Waals surface area (Å²) >= 11 is 5.09. The Morgan fingerprint density at radius 3 is 2.86 bits per heavy atom. The molecular formula is C16H22BrF2NS. The standard InChI is InChI=1S/C16H22BrF2NS/c1-2-8-20-14(15-5-3-4-9-21-15)10-11-13(18)7-6-12(17)16(11)19/h6-7,14-15,20H,2-5,8-10H2,1H3. The van der Waals surface area contributed by atoms with Crippen LogP contribution in [0, 0.1) is 11.6 Å². The Labute approximate surface area is 138 Å². The van der Waals surface area contributed by atoms with Crippen molar-refractivity contribution in [2.45, 2.75) is 50.3 Å². The monoisotopic (exact) mass is 377 g/mol. The second kappa shape index (κ2) is 8.49. The fourth-order valence-corrected chi connectivity index (χ4v) is 4.53. The Balaban J connectivity index is 2.15. The fourth-order valence-electron chi connectivity index (χ4n) is 2.72. The minimum absolute atomic E-state index is 0.133. The SMILES string of the molecule is CCCNC(Cc1c(F)ccc(Br)c1F)C1CCCCS1. The van der Waals surface area contributed by atoms with Crippen LogP contribution in [0.1, 0.15) is 38.2 Å². The lowest BCUT2D eigenvalue weighted by molar-refractivity contribution is 0.442. The predicted octanol–water partition coefficient (Wildman–Crippen LogP) is 4.92. The van der Waals surface area contributed by atoms with E-state index in [0.717, 1.165) is 25.1 Å². The first-order valence-corrected chi connectivity index (χ1v) is 9.45. The van der Waals surface area contributed by atoms with E-state index < -0.39 is 11.6 Å². The highest BCUT2D eigenvalue weighted by Gasteiger charge is 2.26. The molecule has 0 spiro atoms. The van der Waals surface area contributed by atoms with E-state index in [1.54, 1.807) is 0 Å². The molecule has 0 saturated carbocycles. The molecule has 1 aliphatic heterocycles. The van der Waals surface area contributed by atoms with Gasteiger partial charge < -0.3 is 5.32 Å². The van der Waals surface area contributed by atoms with Crippen LogP contribution in [0.15, 0.2) is 16.6 Å². The number of rotatable bonds is 6. The lowest BCUT2D eigenvalue weighted by Crippen LogP contribution is -2.42. The first-order valence-electron chi connectivity index (χ1n) is 7.60. The van der Waals surface area contributed by atoms with Crippen LogP contribution in [-0.4, -0.2) is 23.6 Å². The molecule has 21 heavy (non-hydrogen) atoms. The maximum Gasteiger partial charge on any atom is 0.143 e. The van der Waals surface area contributed by atoms with Crippen LogP contribution < -0.4 is 5.32 Å². The molecule has 1 fully saturated rings. The lowest BCUT2D eigenvalue weighted by atomic mass is 9.98. The maximum atomic E-state index is 14.2. The molecule has 2 unspecified atom stereocenters. The molecule has 0 aromatic heterocycles. The first-order chi connectivity index (χ1) is 10.1. The largest absolute Gasteiger partial charge is 0.313 e. The molecule has 118 valence electrons. The Bertz CT molecular complexity index is 464. The number of hydrogen-bond acceptors (Lipinski definition) is 2. The molecule has 2 atom stereocenters. The van der Waals surface area contributed by atoms with Crippen molar-refractivity contribution in [1.82, 2.24) is 5.32 Å². The topological polar surface area (TPSA) is 12.0 Å². The van der Waals surface area contributed by atoms with Gasteiger partial charge in [-0.2, -0.15) is 11.8 Å². The highest BCUT2D eigenvalue weighted by molar-refractivity contribution is 9.10. The third kappa shape index (κ3) is 4.67. The molecule has 1 aromatic carbocycles. The van der Waals surface area contributed by atoms with Crippen molar-refractivity contribution >= 4 is 27.7 Å². The Morgan fingerprint density at radius 2 is 2.19 bits per heavy atom. The van der Waals surface area contributed by atoms with E-state index in [1.165, 1.54) is 25.0 Å². The van der Waals surface area contributed by atoms with Gasteiger partial charge in [0, 0.05) is 16.9 Å². The van der Waals surface area contributed by atoms with Crippen molar-refractivity contribution in [2.75, 3.05) is 12.3 Å². The van der Waals surface area contributed by atoms with Crippen molar-refractivity contribution in [3.8, 4) is 0 Å². The molecular weight excluding hydrogens is 356 g/mol. The normalized spacial score (nSPS) is 20.5. The number of nitrogens with one attached hydrogen (secondary N) is 1. The second-order valence-corrected chi connectivity index (χ2v) is 7.69. The van der Waals surface area contributed by atoms with Crippen molar-refractivity contribution in [2.24, 2.45) is 0 Å². The molecule has 1 heterocycles. The summed E-state index contributed by atoms with van der Waals surface area (Å²) in [5.74, 6) is 0.247. The van der Waals surface area contributed by atoms with Crippen molar-refractivity contribution in [1.29, 1.82) is 0 Å². The van der Waals surface area contributed by atoms with Crippen LogP contribution in [0.25, 0.3) is 0 Å². The zero-order valence-corrected chi connectivity index (χ0v) is 14.7. The van der Waals surface area contributed by atoms with Crippen LogP contribution in [-0.2, 0) is 6.42 Å². The molecule has 1 nitrogen and oxygen atoms in total. The maximum absolute atomic E-state index is 14.2. The Hall–Kier alpha value is -0.130. The van der Waals surface area contributed by atoms with Gasteiger partial charge in [-0.25, -0.2) is 8.78 Å². The Morgan fingerprint density at radius 1 is 1.38 bits per heavy atom. The summed E-state index contributed by atoms with van der Waals surface area (Å²) < 4.78 is 28.5. The molecule has 1 N–H and O–H groups in total. The molecule has 0 aliphatic carbocycles. The van der Waals surface area contributed by atoms with Gasteiger partial charge in [-0.05, 0) is 66.0 Å². The van der Waals surface area contributed by atoms with Gasteiger partial charge in [0.1, 0.15) is 11.6 Å². The summed E-state index contributed by atoms with van der Waals surface area (Å²) in [5, 5.41) is 3.94. The van der Waals surface area contributed by atoms with Gasteiger partial charge in [0.2, 0.25) is 0 Å². The van der Waals surface area contributed by atoms with E-state index in [-0.39, 0.29) is 11.6 Å². The molecule has 0 bridgehead atoms. The summed E-state index contributed by atoms with van der Waals surface area (Å²) in [5.41, 5.74) is 0.198. The summed E-state index contributed by atoms with van der Waals surface area (Å²) in [6.45, 7) is 3.00. The molecule has 2 rings (SSSR count). The van der Waals surface area contributed by atoms with E-state index in [4.69, 9.17) is 0 Å². The third-order valence-electron chi connectivity index (χ3n) is 3.88. The Kier molecular flexibility index (Phi) is 6.96. The number of hydrogen-bond donors (Lipinski definition) is 1. The lowest BCUT2D eigenvalue weighted by Gasteiger charge is -2.31. The minimum atomic E-state index is -0.459. The molecule has 1 saturated heterocycles. The fraction of sp³-hybridized carbons (Fsp3) is 0.625. The van der Waals surface area contributed by atoms with Crippen LogP contribution in [0.3, 0.4) is 0 Å². The quantitative estimate of drug-likeness (QED) is 0.705. The average molecular weight is 378 g/mol. The number of thioether (sulfide) groups is 1. The van der Waals surface area contributed by atoms with Gasteiger partial charge >= 0.3 is 0 Å². The highest BCUT2D eigenvalue weighted by atomic mass is 79.9. The van der Waals surface area contributed by atoms with Crippen LogP contribution in [0.4, 0.5) is 8.78 Å². The van der Waals surface area contributed by atoms with Crippen LogP contribution >= 0.6 is 27.7 Å². The highest BCUT2D eigenvalue weighted by Crippen LogP contribution is 2.31. The van der Waals surface area contributed by atoms with E-state index in [0.29, 0.717) is 16.1 Å². The van der Waals surface area contributed by atoms with Gasteiger partial charge in [0.15, 0.2) is 0 Å². The summed E-state index contributed by atoms with van der Waals surface area (Å²) in [7, 11) is 0. The number of halogens is 3. The number of benzene rings is 1. The van der Waals surface area contributed by atoms with Crippen molar-refractivity contribution in [3.63, 3.8) is 0 Å². The zero-order valence-electron chi connectivity index (χ0n) is 12.3. The molecule has 0 amide bonds. The van der Waals surface area contributed by atoms with Crippen LogP contribution in [0.5, 0.6) is 0 Å². The van der Waals surface area contributed by atoms with Gasteiger partial charge in [0.25, 0.3) is 0 Å². The summed E-state index contributed by atoms with van der Waals surface area (Å²) in [6, 6.07) is 2.90. The first kappa shape index (κ1) is 17.2. The predicted molar refractivity (Wildman–Crippen MR) is 89.9 cm³/mol. The molecule has 0 radical (unpaired) electrons. The summed E-state index contributed by atoms with van der Waals surface area (Å²) in [4.78, 5) is 0. The van der Waals surface area contributed by atoms with Crippen molar-refractivity contribution < 1.29 is 8.78 Å². The van der Waals surface area contributed by atoms with E-state index >= 15 is 0 Å². The average Bonchev–Trinajstić information content (AvgIpc) is 2.51. The molecule has 5 heteroatoms. The summed E-state index contributed by atoms with van der Waals surface area (Å²) in [6.07, 6.45) is 5.03. The van der Waals surface area contributed by atoms with Crippen molar-refractivity contribution in [3.05, 3.63) is 33.8 Å². The van der Waals surface area contributed by atoms with Gasteiger partial charge in [-0.3, -0.25) is 0 Å². The van der Waals surface area contributed by atoms with E-state index in [1.807, 2.05) is 11.8 Å². The smallest absolute Gasteiger partial charge is 0.143 e. The molecule has 1 aromatic rings.